The number of benzene rings is 1. The molecule has 1 fully saturated rings. The fourth-order valence-corrected chi connectivity index (χ4v) is 2.97. The minimum atomic E-state index is -0.884. The second-order valence-electron chi connectivity index (χ2n) is 5.63. The number of carboxylic acids is 1. The summed E-state index contributed by atoms with van der Waals surface area (Å²) in [5, 5.41) is 12.3. The first-order valence-electron chi connectivity index (χ1n) is 7.33. The Morgan fingerprint density at radius 3 is 2.57 bits per heavy atom. The predicted octanol–water partition coefficient (Wildman–Crippen LogP) is 2.26. The van der Waals surface area contributed by atoms with Crippen LogP contribution in [0.4, 0.5) is 5.69 Å². The largest absolute Gasteiger partial charge is 0.480 e. The average Bonchev–Trinajstić information content (AvgIpc) is 2.85. The van der Waals surface area contributed by atoms with Crippen LogP contribution in [-0.4, -0.2) is 40.5 Å². The molecule has 0 aliphatic carbocycles. The van der Waals surface area contributed by atoms with E-state index in [-0.39, 0.29) is 12.5 Å². The lowest BCUT2D eigenvalue weighted by atomic mass is 9.93. The summed E-state index contributed by atoms with van der Waals surface area (Å²) in [7, 11) is 0. The zero-order valence-electron chi connectivity index (χ0n) is 12.6. The third-order valence-corrected chi connectivity index (χ3v) is 4.28. The molecule has 1 aliphatic heterocycles. The van der Waals surface area contributed by atoms with Crippen molar-refractivity contribution in [3.8, 4) is 0 Å². The summed E-state index contributed by atoms with van der Waals surface area (Å²) in [6, 6.07) is 7.56. The van der Waals surface area contributed by atoms with E-state index in [1.807, 2.05) is 38.1 Å². The first-order chi connectivity index (χ1) is 9.98. The van der Waals surface area contributed by atoms with E-state index in [1.165, 1.54) is 0 Å². The number of carbonyl (C=O) groups excluding carboxylic acids is 1. The molecular weight excluding hydrogens is 268 g/mol. The third-order valence-electron chi connectivity index (χ3n) is 4.28. The lowest BCUT2D eigenvalue weighted by Crippen LogP contribution is -2.52. The number of nitrogens with zero attached hydrogens (tertiary/aromatic N) is 1. The van der Waals surface area contributed by atoms with Crippen LogP contribution in [-0.2, 0) is 9.59 Å². The molecule has 5 nitrogen and oxygen atoms in total. The molecule has 1 aromatic rings. The second-order valence-corrected chi connectivity index (χ2v) is 5.63. The van der Waals surface area contributed by atoms with Gasteiger partial charge in [0.05, 0.1) is 6.54 Å². The van der Waals surface area contributed by atoms with Gasteiger partial charge in [-0.25, -0.2) is 0 Å². The summed E-state index contributed by atoms with van der Waals surface area (Å²) < 4.78 is 0. The molecule has 0 bridgehead atoms. The lowest BCUT2D eigenvalue weighted by molar-refractivity contribution is -0.150. The number of nitrogens with one attached hydrogen (secondary N) is 1. The van der Waals surface area contributed by atoms with E-state index < -0.39 is 11.5 Å². The van der Waals surface area contributed by atoms with Gasteiger partial charge in [-0.1, -0.05) is 24.6 Å². The van der Waals surface area contributed by atoms with Gasteiger partial charge in [0, 0.05) is 5.69 Å². The highest BCUT2D eigenvalue weighted by Crippen LogP contribution is 2.32. The summed E-state index contributed by atoms with van der Waals surface area (Å²) in [4.78, 5) is 25.5. The van der Waals surface area contributed by atoms with Gasteiger partial charge in [0.1, 0.15) is 5.54 Å². The number of anilines is 1. The average molecular weight is 290 g/mol. The highest BCUT2D eigenvalue weighted by molar-refractivity contribution is 5.93. The molecule has 0 radical (unpaired) electrons. The van der Waals surface area contributed by atoms with Gasteiger partial charge in [0.15, 0.2) is 0 Å². The number of carbonyl (C=O) groups is 2. The van der Waals surface area contributed by atoms with E-state index >= 15 is 0 Å². The molecule has 1 heterocycles. The zero-order valence-corrected chi connectivity index (χ0v) is 12.6. The van der Waals surface area contributed by atoms with Gasteiger partial charge >= 0.3 is 5.97 Å². The number of hydrogen-bond acceptors (Lipinski definition) is 3. The number of aryl methyl sites for hydroxylation is 1. The third kappa shape index (κ3) is 3.24. The normalized spacial score (nSPS) is 22.2. The molecule has 1 amide bonds. The van der Waals surface area contributed by atoms with Crippen LogP contribution in [0.1, 0.15) is 31.7 Å². The maximum atomic E-state index is 12.1. The van der Waals surface area contributed by atoms with Gasteiger partial charge in [-0.15, -0.1) is 0 Å². The van der Waals surface area contributed by atoms with Gasteiger partial charge in [0.25, 0.3) is 0 Å². The summed E-state index contributed by atoms with van der Waals surface area (Å²) in [6.07, 6.45) is 1.94. The van der Waals surface area contributed by atoms with Crippen LogP contribution in [0.15, 0.2) is 24.3 Å². The van der Waals surface area contributed by atoms with E-state index in [9.17, 15) is 14.7 Å². The van der Waals surface area contributed by atoms with Gasteiger partial charge in [-0.05, 0) is 44.9 Å². The fourth-order valence-electron chi connectivity index (χ4n) is 2.97. The molecule has 21 heavy (non-hydrogen) atoms. The molecule has 0 spiro atoms. The van der Waals surface area contributed by atoms with Crippen LogP contribution < -0.4 is 5.32 Å². The Morgan fingerprint density at radius 2 is 2.00 bits per heavy atom. The molecule has 1 aromatic carbocycles. The zero-order chi connectivity index (χ0) is 15.5. The molecule has 2 N–H and O–H groups in total. The van der Waals surface area contributed by atoms with Crippen molar-refractivity contribution in [2.75, 3.05) is 18.4 Å². The van der Waals surface area contributed by atoms with Crippen molar-refractivity contribution in [3.63, 3.8) is 0 Å². The van der Waals surface area contributed by atoms with E-state index in [0.29, 0.717) is 19.4 Å². The molecule has 0 saturated carbocycles. The first kappa shape index (κ1) is 15.5. The Balaban J connectivity index is 2.01. The molecular formula is C16H22N2O3. The molecule has 1 saturated heterocycles. The first-order valence-corrected chi connectivity index (χ1v) is 7.33. The smallest absolute Gasteiger partial charge is 0.324 e. The Labute approximate surface area is 125 Å². The maximum Gasteiger partial charge on any atom is 0.324 e. The minimum absolute atomic E-state index is 0.119. The fraction of sp³-hybridized carbons (Fsp3) is 0.500. The van der Waals surface area contributed by atoms with E-state index in [0.717, 1.165) is 17.7 Å². The van der Waals surface area contributed by atoms with E-state index in [4.69, 9.17) is 0 Å². The van der Waals surface area contributed by atoms with Gasteiger partial charge in [-0.3, -0.25) is 14.5 Å². The highest BCUT2D eigenvalue weighted by Gasteiger charge is 2.46. The highest BCUT2D eigenvalue weighted by atomic mass is 16.4. The van der Waals surface area contributed by atoms with Crippen LogP contribution in [0.3, 0.4) is 0 Å². The number of likely N-dealkylation sites (tertiary alicyclic amines) is 1. The quantitative estimate of drug-likeness (QED) is 0.872. The Morgan fingerprint density at radius 1 is 1.33 bits per heavy atom. The number of hydrogen-bond donors (Lipinski definition) is 2. The molecule has 114 valence electrons. The summed E-state index contributed by atoms with van der Waals surface area (Å²) >= 11 is 0. The maximum absolute atomic E-state index is 12.1. The molecule has 5 heteroatoms. The van der Waals surface area contributed by atoms with Gasteiger partial charge < -0.3 is 10.4 Å². The summed E-state index contributed by atoms with van der Waals surface area (Å²) in [6.45, 7) is 4.62. The summed E-state index contributed by atoms with van der Waals surface area (Å²) in [5.74, 6) is -0.995. The Kier molecular flexibility index (Phi) is 4.63. The van der Waals surface area contributed by atoms with Crippen molar-refractivity contribution in [2.45, 2.75) is 38.6 Å². The van der Waals surface area contributed by atoms with Crippen LogP contribution >= 0.6 is 0 Å². The molecule has 0 aromatic heterocycles. The number of carboxylic acid groups (broad SMARTS) is 1. The monoisotopic (exact) mass is 290 g/mol. The Bertz CT molecular complexity index is 527. The molecule has 2 rings (SSSR count). The van der Waals surface area contributed by atoms with Crippen LogP contribution in [0.5, 0.6) is 0 Å². The van der Waals surface area contributed by atoms with Crippen molar-refractivity contribution in [2.24, 2.45) is 0 Å². The Hall–Kier alpha value is -1.88. The second kappa shape index (κ2) is 6.26. The van der Waals surface area contributed by atoms with E-state index in [1.54, 1.807) is 4.90 Å². The van der Waals surface area contributed by atoms with Crippen LogP contribution in [0.2, 0.25) is 0 Å². The number of amides is 1. The number of rotatable bonds is 5. The van der Waals surface area contributed by atoms with Crippen molar-refractivity contribution < 1.29 is 14.7 Å². The van der Waals surface area contributed by atoms with Crippen molar-refractivity contribution in [3.05, 3.63) is 29.8 Å². The van der Waals surface area contributed by atoms with Crippen LogP contribution in [0.25, 0.3) is 0 Å². The van der Waals surface area contributed by atoms with Crippen molar-refractivity contribution >= 4 is 17.6 Å². The number of aliphatic carboxylic acids is 1. The van der Waals surface area contributed by atoms with E-state index in [2.05, 4.69) is 5.32 Å². The molecule has 1 atom stereocenters. The molecule has 1 unspecified atom stereocenters. The molecule has 1 aliphatic rings. The van der Waals surface area contributed by atoms with Gasteiger partial charge in [0.2, 0.25) is 5.91 Å². The van der Waals surface area contributed by atoms with Crippen molar-refractivity contribution in [1.82, 2.24) is 4.90 Å². The van der Waals surface area contributed by atoms with Crippen LogP contribution in [0, 0.1) is 6.92 Å². The SMILES string of the molecule is CCC1(C(=O)O)CCCN1CC(=O)Nc1ccc(C)cc1. The predicted molar refractivity (Wildman–Crippen MR) is 81.3 cm³/mol. The topological polar surface area (TPSA) is 69.6 Å². The van der Waals surface area contributed by atoms with Crippen molar-refractivity contribution in [1.29, 1.82) is 0 Å². The summed E-state index contributed by atoms with van der Waals surface area (Å²) in [5.41, 5.74) is 0.982. The minimum Gasteiger partial charge on any atom is -0.480 e. The lowest BCUT2D eigenvalue weighted by Gasteiger charge is -2.33. The standard InChI is InChI=1S/C16H22N2O3/c1-3-16(15(20)21)9-4-10-18(16)11-14(19)17-13-7-5-12(2)6-8-13/h5-8H,3-4,9-11H2,1-2H3,(H,17,19)(H,20,21). The van der Waals surface area contributed by atoms with Gasteiger partial charge in [-0.2, -0.15) is 0 Å².